The number of hydrogen-bond acceptors (Lipinski definition) is 5. The SMILES string of the molecule is CCN(CC)C(C)(C)C(C)NC(=O)c1noc(CO)c1C. The summed E-state index contributed by atoms with van der Waals surface area (Å²) < 4.78 is 4.95. The van der Waals surface area contributed by atoms with Gasteiger partial charge in [-0.15, -0.1) is 0 Å². The van der Waals surface area contributed by atoms with Crippen LogP contribution in [0.4, 0.5) is 0 Å². The van der Waals surface area contributed by atoms with Gasteiger partial charge in [0.15, 0.2) is 11.5 Å². The van der Waals surface area contributed by atoms with E-state index in [9.17, 15) is 4.79 Å². The molecule has 1 heterocycles. The summed E-state index contributed by atoms with van der Waals surface area (Å²) in [4.78, 5) is 14.6. The minimum Gasteiger partial charge on any atom is -0.388 e. The highest BCUT2D eigenvalue weighted by Gasteiger charge is 2.33. The highest BCUT2D eigenvalue weighted by molar-refractivity contribution is 5.93. The fraction of sp³-hybridized carbons (Fsp3) is 0.733. The van der Waals surface area contributed by atoms with Crippen LogP contribution in [0.3, 0.4) is 0 Å². The number of likely N-dealkylation sites (N-methyl/N-ethyl adjacent to an activating group) is 1. The molecule has 1 rings (SSSR count). The first-order chi connectivity index (χ1) is 9.79. The lowest BCUT2D eigenvalue weighted by Gasteiger charge is -2.42. The molecule has 6 heteroatoms. The minimum absolute atomic E-state index is 0.0569. The second-order valence-electron chi connectivity index (χ2n) is 5.76. The zero-order chi connectivity index (χ0) is 16.2. The molecule has 1 amide bonds. The molecule has 0 fully saturated rings. The Hall–Kier alpha value is -1.40. The number of carbonyl (C=O) groups excluding carboxylic acids is 1. The second kappa shape index (κ2) is 7.04. The molecule has 2 N–H and O–H groups in total. The van der Waals surface area contributed by atoms with Crippen molar-refractivity contribution >= 4 is 5.91 Å². The monoisotopic (exact) mass is 297 g/mol. The molecule has 120 valence electrons. The lowest BCUT2D eigenvalue weighted by molar-refractivity contribution is 0.0755. The third-order valence-corrected chi connectivity index (χ3v) is 4.37. The van der Waals surface area contributed by atoms with E-state index in [2.05, 4.69) is 43.1 Å². The topological polar surface area (TPSA) is 78.6 Å². The number of aliphatic hydroxyl groups is 1. The highest BCUT2D eigenvalue weighted by Crippen LogP contribution is 2.20. The van der Waals surface area contributed by atoms with Crippen molar-refractivity contribution in [3.8, 4) is 0 Å². The predicted molar refractivity (Wildman–Crippen MR) is 81.1 cm³/mol. The van der Waals surface area contributed by atoms with E-state index in [1.165, 1.54) is 0 Å². The van der Waals surface area contributed by atoms with Gasteiger partial charge in [0.05, 0.1) is 0 Å². The van der Waals surface area contributed by atoms with E-state index in [0.717, 1.165) is 13.1 Å². The Morgan fingerprint density at radius 3 is 2.43 bits per heavy atom. The summed E-state index contributed by atoms with van der Waals surface area (Å²) in [6, 6.07) is -0.0569. The Bertz CT molecular complexity index is 479. The van der Waals surface area contributed by atoms with Gasteiger partial charge in [0, 0.05) is 17.1 Å². The first-order valence-electron chi connectivity index (χ1n) is 7.41. The molecule has 0 saturated carbocycles. The smallest absolute Gasteiger partial charge is 0.274 e. The predicted octanol–water partition coefficient (Wildman–Crippen LogP) is 1.71. The summed E-state index contributed by atoms with van der Waals surface area (Å²) in [5, 5.41) is 15.8. The highest BCUT2D eigenvalue weighted by atomic mass is 16.5. The molecule has 0 aliphatic carbocycles. The van der Waals surface area contributed by atoms with Crippen molar-refractivity contribution in [2.24, 2.45) is 0 Å². The molecule has 1 aromatic heterocycles. The third-order valence-electron chi connectivity index (χ3n) is 4.37. The summed E-state index contributed by atoms with van der Waals surface area (Å²) in [6.07, 6.45) is 0. The summed E-state index contributed by atoms with van der Waals surface area (Å²) in [5.41, 5.74) is 0.653. The van der Waals surface area contributed by atoms with Crippen molar-refractivity contribution in [1.82, 2.24) is 15.4 Å². The zero-order valence-corrected chi connectivity index (χ0v) is 13.9. The largest absolute Gasteiger partial charge is 0.388 e. The first kappa shape index (κ1) is 17.7. The molecule has 0 bridgehead atoms. The van der Waals surface area contributed by atoms with Crippen LogP contribution < -0.4 is 5.32 Å². The van der Waals surface area contributed by atoms with Gasteiger partial charge < -0.3 is 14.9 Å². The van der Waals surface area contributed by atoms with Gasteiger partial charge in [-0.05, 0) is 40.8 Å². The molecule has 0 aromatic carbocycles. The second-order valence-corrected chi connectivity index (χ2v) is 5.76. The maximum absolute atomic E-state index is 12.3. The molecular weight excluding hydrogens is 270 g/mol. The van der Waals surface area contributed by atoms with Gasteiger partial charge in [0.25, 0.3) is 5.91 Å². The molecule has 1 unspecified atom stereocenters. The van der Waals surface area contributed by atoms with Gasteiger partial charge in [-0.2, -0.15) is 0 Å². The van der Waals surface area contributed by atoms with Crippen molar-refractivity contribution in [2.45, 2.75) is 59.7 Å². The van der Waals surface area contributed by atoms with Gasteiger partial charge in [-0.25, -0.2) is 0 Å². The van der Waals surface area contributed by atoms with Gasteiger partial charge in [-0.1, -0.05) is 19.0 Å². The van der Waals surface area contributed by atoms with Crippen LogP contribution in [0.15, 0.2) is 4.52 Å². The first-order valence-corrected chi connectivity index (χ1v) is 7.41. The molecule has 0 saturated heterocycles. The maximum Gasteiger partial charge on any atom is 0.274 e. The van der Waals surface area contributed by atoms with E-state index in [1.807, 2.05) is 6.92 Å². The van der Waals surface area contributed by atoms with Gasteiger partial charge in [0.1, 0.15) is 6.61 Å². The Morgan fingerprint density at radius 1 is 1.43 bits per heavy atom. The van der Waals surface area contributed by atoms with E-state index in [4.69, 9.17) is 9.63 Å². The standard InChI is InChI=1S/C15H27N3O3/c1-7-18(8-2)15(5,6)11(4)16-14(20)13-10(3)12(9-19)21-17-13/h11,19H,7-9H2,1-6H3,(H,16,20). The average molecular weight is 297 g/mol. The summed E-state index contributed by atoms with van der Waals surface area (Å²) >= 11 is 0. The van der Waals surface area contributed by atoms with Crippen LogP contribution in [0.25, 0.3) is 0 Å². The molecule has 0 radical (unpaired) electrons. The molecule has 1 aromatic rings. The summed E-state index contributed by atoms with van der Waals surface area (Å²) in [7, 11) is 0. The van der Waals surface area contributed by atoms with Crippen molar-refractivity contribution in [2.75, 3.05) is 13.1 Å². The van der Waals surface area contributed by atoms with Crippen LogP contribution in [-0.4, -0.2) is 45.7 Å². The van der Waals surface area contributed by atoms with Crippen LogP contribution in [0.1, 0.15) is 56.4 Å². The molecule has 21 heavy (non-hydrogen) atoms. The van der Waals surface area contributed by atoms with Crippen molar-refractivity contribution in [1.29, 1.82) is 0 Å². The summed E-state index contributed by atoms with van der Waals surface area (Å²) in [5.74, 6) is 0.0551. The average Bonchev–Trinajstić information content (AvgIpc) is 2.80. The Balaban J connectivity index is 2.84. The molecular formula is C15H27N3O3. The van der Waals surface area contributed by atoms with Crippen molar-refractivity contribution < 1.29 is 14.4 Å². The number of aliphatic hydroxyl groups excluding tert-OH is 1. The number of nitrogens with zero attached hydrogens (tertiary/aromatic N) is 2. The van der Waals surface area contributed by atoms with E-state index in [-0.39, 0.29) is 29.8 Å². The number of nitrogens with one attached hydrogen (secondary N) is 1. The van der Waals surface area contributed by atoms with Crippen LogP contribution in [0.5, 0.6) is 0 Å². The molecule has 1 atom stereocenters. The van der Waals surface area contributed by atoms with Crippen LogP contribution >= 0.6 is 0 Å². The van der Waals surface area contributed by atoms with E-state index in [1.54, 1.807) is 6.92 Å². The van der Waals surface area contributed by atoms with Gasteiger partial charge >= 0.3 is 0 Å². The van der Waals surface area contributed by atoms with Crippen molar-refractivity contribution in [3.63, 3.8) is 0 Å². The fourth-order valence-corrected chi connectivity index (χ4v) is 2.48. The lowest BCUT2D eigenvalue weighted by Crippen LogP contribution is -2.57. The molecule has 0 aliphatic heterocycles. The van der Waals surface area contributed by atoms with Crippen LogP contribution in [-0.2, 0) is 6.61 Å². The van der Waals surface area contributed by atoms with E-state index < -0.39 is 0 Å². The minimum atomic E-state index is -0.274. The molecule has 0 aliphatic rings. The van der Waals surface area contributed by atoms with E-state index in [0.29, 0.717) is 11.3 Å². The summed E-state index contributed by atoms with van der Waals surface area (Å²) in [6.45, 7) is 13.7. The zero-order valence-electron chi connectivity index (χ0n) is 13.9. The van der Waals surface area contributed by atoms with Gasteiger partial charge in [0.2, 0.25) is 0 Å². The molecule has 0 spiro atoms. The number of rotatable bonds is 7. The van der Waals surface area contributed by atoms with Crippen LogP contribution in [0, 0.1) is 6.92 Å². The number of amides is 1. The fourth-order valence-electron chi connectivity index (χ4n) is 2.48. The maximum atomic E-state index is 12.3. The number of carbonyl (C=O) groups is 1. The van der Waals surface area contributed by atoms with Gasteiger partial charge in [-0.3, -0.25) is 9.69 Å². The Morgan fingerprint density at radius 2 is 2.00 bits per heavy atom. The van der Waals surface area contributed by atoms with E-state index >= 15 is 0 Å². The normalized spacial score (nSPS) is 13.5. The Kier molecular flexibility index (Phi) is 5.92. The number of aromatic nitrogens is 1. The quantitative estimate of drug-likeness (QED) is 0.801. The third kappa shape index (κ3) is 3.63. The molecule has 6 nitrogen and oxygen atoms in total. The number of hydrogen-bond donors (Lipinski definition) is 2. The Labute approximate surface area is 126 Å². The lowest BCUT2D eigenvalue weighted by atomic mass is 9.93. The van der Waals surface area contributed by atoms with Crippen molar-refractivity contribution in [3.05, 3.63) is 17.0 Å². The van der Waals surface area contributed by atoms with Crippen LogP contribution in [0.2, 0.25) is 0 Å².